The van der Waals surface area contributed by atoms with Gasteiger partial charge in [0.1, 0.15) is 48.8 Å². The van der Waals surface area contributed by atoms with Crippen LogP contribution in [-0.2, 0) is 23.7 Å². The Balaban J connectivity index is 1.61. The zero-order valence-corrected chi connectivity index (χ0v) is 47.4. The lowest BCUT2D eigenvalue weighted by atomic mass is 9.97. The van der Waals surface area contributed by atoms with E-state index >= 15 is 0 Å². The number of amides is 1. The molecule has 0 bridgehead atoms. The molecule has 14 nitrogen and oxygen atoms in total. The zero-order chi connectivity index (χ0) is 56.0. The summed E-state index contributed by atoms with van der Waals surface area (Å²) < 4.78 is 22.7. The van der Waals surface area contributed by atoms with Gasteiger partial charge in [-0.25, -0.2) is 0 Å². The van der Waals surface area contributed by atoms with Crippen molar-refractivity contribution >= 4 is 5.91 Å². The lowest BCUT2D eigenvalue weighted by Gasteiger charge is -2.46. The topological polar surface area (TPSA) is 228 Å². The molecule has 0 aromatic carbocycles. The first-order valence-electron chi connectivity index (χ1n) is 30.0. The van der Waals surface area contributed by atoms with Gasteiger partial charge in [0.2, 0.25) is 5.91 Å². The average molecular weight is 1090 g/mol. The van der Waals surface area contributed by atoms with Crippen LogP contribution >= 0.6 is 0 Å². The number of allylic oxidation sites excluding steroid dienone is 16. The predicted molar refractivity (Wildman–Crippen MR) is 309 cm³/mol. The number of hydrogen-bond donors (Lipinski definition) is 9. The van der Waals surface area contributed by atoms with E-state index in [0.717, 1.165) is 103 Å². The van der Waals surface area contributed by atoms with Crippen molar-refractivity contribution in [3.63, 3.8) is 0 Å². The van der Waals surface area contributed by atoms with Crippen LogP contribution < -0.4 is 5.32 Å². The first-order chi connectivity index (χ1) is 37.6. The van der Waals surface area contributed by atoms with Gasteiger partial charge >= 0.3 is 0 Å². The normalized spacial score (nSPS) is 25.4. The molecule has 0 aliphatic carbocycles. The number of rotatable bonds is 46. The van der Waals surface area contributed by atoms with Crippen LogP contribution in [0.25, 0.3) is 0 Å². The molecule has 2 fully saturated rings. The second kappa shape index (κ2) is 47.7. The molecule has 9 N–H and O–H groups in total. The van der Waals surface area contributed by atoms with Crippen LogP contribution in [0.1, 0.15) is 200 Å². The molecular formula is C63H107NO13. The van der Waals surface area contributed by atoms with E-state index < -0.39 is 86.8 Å². The molecule has 442 valence electrons. The molecule has 1 amide bonds. The van der Waals surface area contributed by atoms with E-state index in [-0.39, 0.29) is 12.5 Å². The highest BCUT2D eigenvalue weighted by Crippen LogP contribution is 2.30. The first-order valence-corrected chi connectivity index (χ1v) is 30.0. The Bertz CT molecular complexity index is 1660. The molecule has 2 saturated heterocycles. The number of carbonyl (C=O) groups is 1. The summed E-state index contributed by atoms with van der Waals surface area (Å²) in [5.41, 5.74) is 0. The van der Waals surface area contributed by atoms with E-state index in [1.165, 1.54) is 64.2 Å². The molecule has 2 rings (SSSR count). The van der Waals surface area contributed by atoms with Gasteiger partial charge in [0.25, 0.3) is 0 Å². The average Bonchev–Trinajstić information content (AvgIpc) is 3.44. The van der Waals surface area contributed by atoms with E-state index in [1.54, 1.807) is 0 Å². The first kappa shape index (κ1) is 70.0. The third-order valence-corrected chi connectivity index (χ3v) is 14.1. The van der Waals surface area contributed by atoms with Crippen LogP contribution in [0.2, 0.25) is 0 Å². The summed E-state index contributed by atoms with van der Waals surface area (Å²) in [7, 11) is 0. The third-order valence-electron chi connectivity index (χ3n) is 14.1. The van der Waals surface area contributed by atoms with Crippen molar-refractivity contribution in [3.05, 3.63) is 97.2 Å². The lowest BCUT2D eigenvalue weighted by molar-refractivity contribution is -0.359. The number of hydrogen-bond acceptors (Lipinski definition) is 13. The molecule has 0 saturated carbocycles. The Kier molecular flexibility index (Phi) is 43.4. The van der Waals surface area contributed by atoms with E-state index in [0.29, 0.717) is 19.3 Å². The van der Waals surface area contributed by atoms with Crippen molar-refractivity contribution in [1.82, 2.24) is 5.32 Å². The van der Waals surface area contributed by atoms with Crippen molar-refractivity contribution in [3.8, 4) is 0 Å². The molecule has 77 heavy (non-hydrogen) atoms. The summed E-state index contributed by atoms with van der Waals surface area (Å²) in [6.07, 6.45) is 48.7. The molecule has 2 aliphatic rings. The van der Waals surface area contributed by atoms with Crippen LogP contribution in [0.3, 0.4) is 0 Å². The number of carbonyl (C=O) groups excluding carboxylic acids is 1. The molecule has 0 aromatic rings. The summed E-state index contributed by atoms with van der Waals surface area (Å²) in [6, 6.07) is -0.834. The third kappa shape index (κ3) is 33.3. The van der Waals surface area contributed by atoms with Crippen LogP contribution in [-0.4, -0.2) is 140 Å². The minimum atomic E-state index is -1.78. The molecule has 0 radical (unpaired) electrons. The molecule has 0 aromatic heterocycles. The van der Waals surface area contributed by atoms with Gasteiger partial charge in [0.15, 0.2) is 12.6 Å². The number of ether oxygens (including phenoxy) is 4. The number of unbranched alkanes of at least 4 members (excludes halogenated alkanes) is 17. The maximum absolute atomic E-state index is 13.2. The monoisotopic (exact) mass is 1090 g/mol. The van der Waals surface area contributed by atoms with Gasteiger partial charge < -0.3 is 65.1 Å². The van der Waals surface area contributed by atoms with Crippen molar-refractivity contribution in [2.45, 2.75) is 274 Å². The van der Waals surface area contributed by atoms with Crippen LogP contribution in [0.15, 0.2) is 97.2 Å². The molecule has 12 atom stereocenters. The minimum Gasteiger partial charge on any atom is -0.394 e. The summed E-state index contributed by atoms with van der Waals surface area (Å²) in [5, 5.41) is 86.9. The van der Waals surface area contributed by atoms with E-state index in [2.05, 4.69) is 116 Å². The molecule has 0 spiro atoms. The van der Waals surface area contributed by atoms with Gasteiger partial charge in [0.05, 0.1) is 32.0 Å². The van der Waals surface area contributed by atoms with Gasteiger partial charge in [0, 0.05) is 6.42 Å². The lowest BCUT2D eigenvalue weighted by Crippen LogP contribution is -2.65. The second-order valence-electron chi connectivity index (χ2n) is 20.7. The summed E-state index contributed by atoms with van der Waals surface area (Å²) in [6.45, 7) is 2.68. The Hall–Kier alpha value is -3.09. The highest BCUT2D eigenvalue weighted by Gasteiger charge is 2.51. The number of nitrogens with one attached hydrogen (secondary N) is 1. The Morgan fingerprint density at radius 1 is 0.481 bits per heavy atom. The Labute approximate surface area is 464 Å². The largest absolute Gasteiger partial charge is 0.394 e. The van der Waals surface area contributed by atoms with Crippen LogP contribution in [0.5, 0.6) is 0 Å². The summed E-state index contributed by atoms with van der Waals surface area (Å²) >= 11 is 0. The standard InChI is InChI=1S/C63H107NO13/c1-3-5-7-9-11-13-14-15-16-17-18-19-20-21-22-23-24-25-26-27-28-29-30-31-32-33-34-35-36-37-38-39-41-43-45-47-55(68)64-51(52(67)46-44-42-40-12-10-8-6-4-2)50-74-62-60(73)58(71)61(54(49-66)76-62)77-63-59(72)57(70)56(69)53(48-65)75-63/h5,7,11,13,15-16,18-19,21-22,24-25,27-28,30-31,51-54,56-63,65-67,69-73H,3-4,6,8-10,12,14,17,20,23,26,29,32-50H2,1-2H3,(H,64,68)/b7-5-,13-11-,16-15-,19-18-,22-21-,25-24-,28-27-,31-30-. The summed E-state index contributed by atoms with van der Waals surface area (Å²) in [4.78, 5) is 13.2. The minimum absolute atomic E-state index is 0.219. The molecular weight excluding hydrogens is 979 g/mol. The van der Waals surface area contributed by atoms with Gasteiger partial charge in [-0.1, -0.05) is 214 Å². The van der Waals surface area contributed by atoms with E-state index in [9.17, 15) is 45.6 Å². The van der Waals surface area contributed by atoms with E-state index in [4.69, 9.17) is 18.9 Å². The maximum atomic E-state index is 13.2. The zero-order valence-electron chi connectivity index (χ0n) is 47.4. The second-order valence-corrected chi connectivity index (χ2v) is 20.7. The Morgan fingerprint density at radius 2 is 0.896 bits per heavy atom. The number of aliphatic hydroxyl groups excluding tert-OH is 8. The van der Waals surface area contributed by atoms with Gasteiger partial charge in [-0.3, -0.25) is 4.79 Å². The van der Waals surface area contributed by atoms with Crippen LogP contribution in [0, 0.1) is 0 Å². The van der Waals surface area contributed by atoms with Crippen molar-refractivity contribution in [1.29, 1.82) is 0 Å². The van der Waals surface area contributed by atoms with Gasteiger partial charge in [-0.2, -0.15) is 0 Å². The number of aliphatic hydroxyl groups is 8. The fourth-order valence-electron chi connectivity index (χ4n) is 9.25. The fourth-order valence-corrected chi connectivity index (χ4v) is 9.25. The fraction of sp³-hybridized carbons (Fsp3) is 0.730. The molecule has 12 unspecified atom stereocenters. The molecule has 2 heterocycles. The van der Waals surface area contributed by atoms with Gasteiger partial charge in [-0.15, -0.1) is 0 Å². The highest BCUT2D eigenvalue weighted by atomic mass is 16.7. The highest BCUT2D eigenvalue weighted by molar-refractivity contribution is 5.76. The van der Waals surface area contributed by atoms with Crippen LogP contribution in [0.4, 0.5) is 0 Å². The van der Waals surface area contributed by atoms with E-state index in [1.807, 2.05) is 0 Å². The smallest absolute Gasteiger partial charge is 0.220 e. The van der Waals surface area contributed by atoms with Crippen molar-refractivity contribution in [2.75, 3.05) is 19.8 Å². The SMILES string of the molecule is CC/C=C\C/C=C\C/C=C\C/C=C\C/C=C\C/C=C\C/C=C\C/C=C\CCCCCCCCCCCCC(=O)NC(COC1OC(CO)C(OC2OC(CO)C(O)C(O)C2O)C(O)C1O)C(O)CCCCCCCCCC. The molecule has 2 aliphatic heterocycles. The summed E-state index contributed by atoms with van der Waals surface area (Å²) in [5.74, 6) is -0.219. The molecule has 14 heteroatoms. The quantitative estimate of drug-likeness (QED) is 0.0205. The predicted octanol–water partition coefficient (Wildman–Crippen LogP) is 10.3. The Morgan fingerprint density at radius 3 is 1.38 bits per heavy atom. The van der Waals surface area contributed by atoms with Crippen molar-refractivity contribution in [2.24, 2.45) is 0 Å². The van der Waals surface area contributed by atoms with Gasteiger partial charge in [-0.05, 0) is 77.0 Å². The maximum Gasteiger partial charge on any atom is 0.220 e. The van der Waals surface area contributed by atoms with Crippen molar-refractivity contribution < 1.29 is 64.6 Å².